The lowest BCUT2D eigenvalue weighted by Crippen LogP contribution is -2.41. The topological polar surface area (TPSA) is 61.5 Å². The van der Waals surface area contributed by atoms with Crippen LogP contribution in [0.25, 0.3) is 0 Å². The van der Waals surface area contributed by atoms with Crippen LogP contribution in [0.1, 0.15) is 27.7 Å². The van der Waals surface area contributed by atoms with E-state index in [1.165, 1.54) is 0 Å². The molecule has 5 heteroatoms. The molecular weight excluding hydrogens is 157 g/mol. The summed E-state index contributed by atoms with van der Waals surface area (Å²) in [6.45, 7) is 7.48. The molecule has 1 fully saturated rings. The van der Waals surface area contributed by atoms with E-state index in [-0.39, 0.29) is 0 Å². The molecule has 4 nitrogen and oxygen atoms in total. The first-order valence-electron chi connectivity index (χ1n) is 3.91. The molecule has 0 atom stereocenters. The molecule has 12 heavy (non-hydrogen) atoms. The predicted octanol–water partition coefficient (Wildman–Crippen LogP) is 0.739. The Balaban J connectivity index is 2.81. The van der Waals surface area contributed by atoms with Crippen molar-refractivity contribution in [2.75, 3.05) is 0 Å². The summed E-state index contributed by atoms with van der Waals surface area (Å²) in [6.07, 6.45) is 0. The second kappa shape index (κ2) is 2.47. The molecule has 0 bridgehead atoms. The number of amides is 1. The van der Waals surface area contributed by atoms with Crippen LogP contribution >= 0.6 is 0 Å². The van der Waals surface area contributed by atoms with Crippen molar-refractivity contribution >= 4 is 12.9 Å². The van der Waals surface area contributed by atoms with E-state index >= 15 is 0 Å². The van der Waals surface area contributed by atoms with E-state index in [1.54, 1.807) is 0 Å². The molecule has 1 heterocycles. The van der Waals surface area contributed by atoms with Gasteiger partial charge in [0.2, 0.25) is 5.81 Å². The second-order valence-corrected chi connectivity index (χ2v) is 3.99. The first-order chi connectivity index (χ1) is 5.26. The second-order valence-electron chi connectivity index (χ2n) is 3.99. The van der Waals surface area contributed by atoms with Gasteiger partial charge in [-0.1, -0.05) is 0 Å². The first-order valence-corrected chi connectivity index (χ1v) is 3.91. The summed E-state index contributed by atoms with van der Waals surface area (Å²) in [6, 6.07) is 0. The Morgan fingerprint density at radius 2 is 1.50 bits per heavy atom. The van der Waals surface area contributed by atoms with Crippen molar-refractivity contribution in [1.29, 1.82) is 0 Å². The smallest absolute Gasteiger partial charge is 0.396 e. The molecule has 0 aromatic rings. The zero-order valence-electron chi connectivity index (χ0n) is 7.88. The van der Waals surface area contributed by atoms with Gasteiger partial charge in [-0.25, -0.2) is 0 Å². The highest BCUT2D eigenvalue weighted by Crippen LogP contribution is 2.36. The fourth-order valence-electron chi connectivity index (χ4n) is 0.959. The van der Waals surface area contributed by atoms with Crippen LogP contribution in [0.5, 0.6) is 0 Å². The molecule has 0 radical (unpaired) electrons. The zero-order chi connectivity index (χ0) is 9.57. The normalized spacial score (nSPS) is 25.8. The molecule has 0 spiro atoms. The lowest BCUT2D eigenvalue weighted by Gasteiger charge is -2.32. The van der Waals surface area contributed by atoms with Crippen molar-refractivity contribution in [3.05, 3.63) is 0 Å². The van der Waals surface area contributed by atoms with Gasteiger partial charge in [0.1, 0.15) is 0 Å². The maximum absolute atomic E-state index is 10.7. The molecule has 1 rings (SSSR count). The van der Waals surface area contributed by atoms with E-state index in [0.29, 0.717) is 0 Å². The van der Waals surface area contributed by atoms with Crippen LogP contribution in [-0.2, 0) is 9.31 Å². The summed E-state index contributed by atoms with van der Waals surface area (Å²) in [5, 5.41) is 0. The lowest BCUT2D eigenvalue weighted by molar-refractivity contribution is 0.00578. The van der Waals surface area contributed by atoms with E-state index in [9.17, 15) is 4.79 Å². The molecule has 1 aliphatic heterocycles. The number of nitrogens with two attached hydrogens (primary N) is 1. The number of hydrogen-bond acceptors (Lipinski definition) is 3. The van der Waals surface area contributed by atoms with Gasteiger partial charge in [0.25, 0.3) is 0 Å². The van der Waals surface area contributed by atoms with Crippen molar-refractivity contribution < 1.29 is 14.1 Å². The minimum absolute atomic E-state index is 0.479. The van der Waals surface area contributed by atoms with E-state index < -0.39 is 24.1 Å². The Labute approximate surface area is 72.5 Å². The van der Waals surface area contributed by atoms with Crippen LogP contribution in [0.15, 0.2) is 0 Å². The highest BCUT2D eigenvalue weighted by atomic mass is 16.7. The minimum Gasteiger partial charge on any atom is -0.396 e. The molecule has 0 unspecified atom stereocenters. The van der Waals surface area contributed by atoms with Crippen LogP contribution in [0.4, 0.5) is 4.79 Å². The molecule has 2 N–H and O–H groups in total. The summed E-state index contributed by atoms with van der Waals surface area (Å²) < 4.78 is 10.7. The van der Waals surface area contributed by atoms with E-state index in [0.717, 1.165) is 0 Å². The third kappa shape index (κ3) is 1.34. The minimum atomic E-state index is -0.907. The standard InChI is InChI=1S/C7H14BNO3/c1-6(2)7(3,4)12-8(11-6)5(9)10/h1-4H3,(H2,9,10). The summed E-state index contributed by atoms with van der Waals surface area (Å²) in [5.41, 5.74) is 4.09. The number of hydrogen-bond donors (Lipinski definition) is 1. The highest BCUT2D eigenvalue weighted by Gasteiger charge is 2.53. The third-order valence-corrected chi connectivity index (χ3v) is 2.49. The van der Waals surface area contributed by atoms with Gasteiger partial charge >= 0.3 is 7.12 Å². The fraction of sp³-hybridized carbons (Fsp3) is 0.857. The summed E-state index contributed by atoms with van der Waals surface area (Å²) in [5.74, 6) is -0.575. The van der Waals surface area contributed by atoms with Crippen molar-refractivity contribution in [2.45, 2.75) is 38.9 Å². The van der Waals surface area contributed by atoms with Crippen LogP contribution in [0.3, 0.4) is 0 Å². The Bertz CT molecular complexity index is 199. The van der Waals surface area contributed by atoms with E-state index in [1.807, 2.05) is 27.7 Å². The van der Waals surface area contributed by atoms with Crippen molar-refractivity contribution in [2.24, 2.45) is 5.73 Å². The average molecular weight is 171 g/mol. The Hall–Kier alpha value is -0.545. The number of primary amides is 1. The van der Waals surface area contributed by atoms with Crippen LogP contribution < -0.4 is 5.73 Å². The van der Waals surface area contributed by atoms with Crippen LogP contribution in [-0.4, -0.2) is 24.1 Å². The third-order valence-electron chi connectivity index (χ3n) is 2.49. The van der Waals surface area contributed by atoms with Gasteiger partial charge in [0, 0.05) is 0 Å². The van der Waals surface area contributed by atoms with Gasteiger partial charge in [0.05, 0.1) is 11.2 Å². The van der Waals surface area contributed by atoms with Crippen molar-refractivity contribution in [1.82, 2.24) is 0 Å². The SMILES string of the molecule is CC1(C)OB(C(N)=O)OC1(C)C. The van der Waals surface area contributed by atoms with Gasteiger partial charge in [-0.05, 0) is 27.7 Å². The van der Waals surface area contributed by atoms with Crippen LogP contribution in [0, 0.1) is 0 Å². The fourth-order valence-corrected chi connectivity index (χ4v) is 0.959. The monoisotopic (exact) mass is 171 g/mol. The van der Waals surface area contributed by atoms with Gasteiger partial charge in [0.15, 0.2) is 0 Å². The maximum atomic E-state index is 10.7. The zero-order valence-corrected chi connectivity index (χ0v) is 7.88. The largest absolute Gasteiger partial charge is 0.557 e. The van der Waals surface area contributed by atoms with E-state index in [2.05, 4.69) is 0 Å². The Morgan fingerprint density at radius 3 is 1.67 bits per heavy atom. The number of carbonyl (C=O) groups is 1. The van der Waals surface area contributed by atoms with E-state index in [4.69, 9.17) is 15.0 Å². The molecule has 0 aromatic heterocycles. The Morgan fingerprint density at radius 1 is 1.17 bits per heavy atom. The predicted molar refractivity (Wildman–Crippen MR) is 45.7 cm³/mol. The molecule has 0 saturated carbocycles. The van der Waals surface area contributed by atoms with Gasteiger partial charge in [-0.15, -0.1) is 0 Å². The molecule has 1 saturated heterocycles. The van der Waals surface area contributed by atoms with Crippen molar-refractivity contribution in [3.63, 3.8) is 0 Å². The van der Waals surface area contributed by atoms with Gasteiger partial charge in [-0.2, -0.15) is 0 Å². The summed E-state index contributed by atoms with van der Waals surface area (Å²) in [4.78, 5) is 10.7. The number of carbonyl (C=O) groups excluding carboxylic acids is 1. The summed E-state index contributed by atoms with van der Waals surface area (Å²) in [7, 11) is -0.907. The molecule has 0 aliphatic carbocycles. The molecule has 1 amide bonds. The number of rotatable bonds is 1. The molecule has 0 aromatic carbocycles. The molecule has 1 aliphatic rings. The van der Waals surface area contributed by atoms with Crippen molar-refractivity contribution in [3.8, 4) is 0 Å². The first kappa shape index (κ1) is 9.54. The lowest BCUT2D eigenvalue weighted by atomic mass is 9.90. The quantitative estimate of drug-likeness (QED) is 0.591. The van der Waals surface area contributed by atoms with Gasteiger partial charge in [-0.3, -0.25) is 4.79 Å². The summed E-state index contributed by atoms with van der Waals surface area (Å²) >= 11 is 0. The molecular formula is C7H14BNO3. The van der Waals surface area contributed by atoms with Gasteiger partial charge < -0.3 is 15.0 Å². The highest BCUT2D eigenvalue weighted by molar-refractivity contribution is 6.80. The Kier molecular flexibility index (Phi) is 1.96. The average Bonchev–Trinajstić information content (AvgIpc) is 2.03. The maximum Gasteiger partial charge on any atom is 0.557 e. The van der Waals surface area contributed by atoms with Crippen LogP contribution in [0.2, 0.25) is 0 Å². The molecule has 68 valence electrons.